The van der Waals surface area contributed by atoms with Gasteiger partial charge in [-0.25, -0.2) is 4.68 Å². The molecule has 22 heavy (non-hydrogen) atoms. The molecule has 0 bridgehead atoms. The van der Waals surface area contributed by atoms with Gasteiger partial charge in [-0.3, -0.25) is 0 Å². The Morgan fingerprint density at radius 3 is 2.77 bits per heavy atom. The molecule has 1 aromatic heterocycles. The highest BCUT2D eigenvalue weighted by atomic mass is 16.3. The molecular formula is C18H17N3O. The summed E-state index contributed by atoms with van der Waals surface area (Å²) < 4.78 is 1.99. The smallest absolute Gasteiger partial charge is 0.147 e. The number of aromatic nitrogens is 2. The normalized spacial score (nSPS) is 15.8. The molecule has 2 N–H and O–H groups in total. The van der Waals surface area contributed by atoms with E-state index in [4.69, 9.17) is 0 Å². The lowest BCUT2D eigenvalue weighted by atomic mass is 10.0. The Morgan fingerprint density at radius 2 is 1.95 bits per heavy atom. The van der Waals surface area contributed by atoms with Crippen molar-refractivity contribution in [2.24, 2.45) is 0 Å². The van der Waals surface area contributed by atoms with Crippen LogP contribution in [0.4, 0.5) is 5.69 Å². The second-order valence-electron chi connectivity index (χ2n) is 5.81. The monoisotopic (exact) mass is 291 g/mol. The molecule has 4 rings (SSSR count). The zero-order chi connectivity index (χ0) is 15.3. The van der Waals surface area contributed by atoms with Crippen LogP contribution in [0.15, 0.2) is 48.5 Å². The van der Waals surface area contributed by atoms with Crippen LogP contribution in [-0.4, -0.2) is 14.9 Å². The van der Waals surface area contributed by atoms with E-state index in [2.05, 4.69) is 41.6 Å². The van der Waals surface area contributed by atoms with E-state index in [0.717, 1.165) is 28.2 Å². The third kappa shape index (κ3) is 1.96. The molecule has 2 heterocycles. The van der Waals surface area contributed by atoms with Gasteiger partial charge >= 0.3 is 0 Å². The molecule has 4 nitrogen and oxygen atoms in total. The Morgan fingerprint density at radius 1 is 1.09 bits per heavy atom. The predicted octanol–water partition coefficient (Wildman–Crippen LogP) is 3.84. The number of nitrogens with one attached hydrogen (secondary N) is 1. The van der Waals surface area contributed by atoms with Crippen LogP contribution >= 0.6 is 0 Å². The first-order valence-corrected chi connectivity index (χ1v) is 7.34. The summed E-state index contributed by atoms with van der Waals surface area (Å²) in [5, 5.41) is 17.9. The van der Waals surface area contributed by atoms with Crippen molar-refractivity contribution in [3.63, 3.8) is 0 Å². The first-order valence-electron chi connectivity index (χ1n) is 7.34. The van der Waals surface area contributed by atoms with Gasteiger partial charge in [-0.2, -0.15) is 5.10 Å². The van der Waals surface area contributed by atoms with Crippen LogP contribution in [0.1, 0.15) is 23.0 Å². The zero-order valence-corrected chi connectivity index (χ0v) is 12.5. The van der Waals surface area contributed by atoms with Crippen LogP contribution in [0.25, 0.3) is 11.3 Å². The minimum atomic E-state index is -0.119. The molecule has 1 aliphatic rings. The van der Waals surface area contributed by atoms with E-state index in [-0.39, 0.29) is 11.9 Å². The van der Waals surface area contributed by atoms with Crippen molar-refractivity contribution in [3.8, 4) is 17.0 Å². The summed E-state index contributed by atoms with van der Waals surface area (Å²) in [5.41, 5.74) is 6.54. The minimum Gasteiger partial charge on any atom is -0.508 e. The maximum atomic E-state index is 9.77. The van der Waals surface area contributed by atoms with Crippen molar-refractivity contribution in [2.45, 2.75) is 20.0 Å². The first kappa shape index (κ1) is 13.0. The number of hydrogen-bond acceptors (Lipinski definition) is 3. The summed E-state index contributed by atoms with van der Waals surface area (Å²) in [6.45, 7) is 4.09. The molecule has 4 heteroatoms. The van der Waals surface area contributed by atoms with E-state index in [1.54, 1.807) is 12.1 Å². The molecule has 1 atom stereocenters. The lowest BCUT2D eigenvalue weighted by molar-refractivity contribution is 0.472. The Kier molecular flexibility index (Phi) is 2.73. The number of anilines is 1. The molecule has 0 spiro atoms. The molecule has 1 aliphatic heterocycles. The van der Waals surface area contributed by atoms with E-state index in [9.17, 15) is 5.11 Å². The fourth-order valence-electron chi connectivity index (χ4n) is 3.04. The summed E-state index contributed by atoms with van der Waals surface area (Å²) in [5.74, 6) is 0.263. The van der Waals surface area contributed by atoms with Crippen LogP contribution in [0.5, 0.6) is 5.75 Å². The maximum Gasteiger partial charge on any atom is 0.147 e. The average Bonchev–Trinajstić information content (AvgIpc) is 2.88. The molecule has 0 radical (unpaired) electrons. The largest absolute Gasteiger partial charge is 0.508 e. The van der Waals surface area contributed by atoms with Gasteiger partial charge in [0.15, 0.2) is 0 Å². The van der Waals surface area contributed by atoms with Gasteiger partial charge in [0.1, 0.15) is 11.9 Å². The number of aryl methyl sites for hydroxylation is 2. The lowest BCUT2D eigenvalue weighted by Crippen LogP contribution is -2.25. The van der Waals surface area contributed by atoms with Gasteiger partial charge in [0.2, 0.25) is 0 Å². The number of phenolic OH excluding ortho intramolecular Hbond substituents is 1. The van der Waals surface area contributed by atoms with Crippen LogP contribution < -0.4 is 5.32 Å². The van der Waals surface area contributed by atoms with Crippen LogP contribution in [0.3, 0.4) is 0 Å². The van der Waals surface area contributed by atoms with Gasteiger partial charge in [0, 0.05) is 16.8 Å². The second-order valence-corrected chi connectivity index (χ2v) is 5.81. The van der Waals surface area contributed by atoms with Crippen molar-refractivity contribution in [3.05, 3.63) is 65.4 Å². The number of phenols is 1. The van der Waals surface area contributed by atoms with E-state index in [1.807, 2.05) is 23.7 Å². The Hall–Kier alpha value is -2.75. The number of nitrogens with zero attached hydrogens (tertiary/aromatic N) is 2. The van der Waals surface area contributed by atoms with Crippen molar-refractivity contribution >= 4 is 5.69 Å². The minimum absolute atomic E-state index is 0.119. The summed E-state index contributed by atoms with van der Waals surface area (Å²) in [6, 6.07) is 15.8. The molecule has 0 saturated heterocycles. The Bertz CT molecular complexity index is 867. The van der Waals surface area contributed by atoms with Gasteiger partial charge in [0.25, 0.3) is 0 Å². The second kappa shape index (κ2) is 4.63. The number of aromatic hydroxyl groups is 1. The highest BCUT2D eigenvalue weighted by Gasteiger charge is 2.26. The number of rotatable bonds is 1. The molecule has 110 valence electrons. The van der Waals surface area contributed by atoms with Gasteiger partial charge in [-0.05, 0) is 44.2 Å². The Balaban J connectivity index is 1.92. The molecule has 0 aliphatic carbocycles. The summed E-state index contributed by atoms with van der Waals surface area (Å²) in [7, 11) is 0. The fraction of sp³-hybridized carbons (Fsp3) is 0.167. The van der Waals surface area contributed by atoms with Crippen molar-refractivity contribution in [2.75, 3.05) is 5.32 Å². The summed E-state index contributed by atoms with van der Waals surface area (Å²) >= 11 is 0. The lowest BCUT2D eigenvalue weighted by Gasteiger charge is -2.29. The molecule has 0 unspecified atom stereocenters. The highest BCUT2D eigenvalue weighted by molar-refractivity contribution is 5.79. The van der Waals surface area contributed by atoms with E-state index in [0.29, 0.717) is 0 Å². The van der Waals surface area contributed by atoms with Gasteiger partial charge in [-0.15, -0.1) is 0 Å². The third-order valence-corrected chi connectivity index (χ3v) is 4.03. The van der Waals surface area contributed by atoms with Gasteiger partial charge in [-0.1, -0.05) is 23.8 Å². The number of fused-ring (bicyclic) bond motifs is 3. The van der Waals surface area contributed by atoms with E-state index < -0.39 is 0 Å². The fourth-order valence-corrected chi connectivity index (χ4v) is 3.04. The molecule has 0 amide bonds. The van der Waals surface area contributed by atoms with Crippen molar-refractivity contribution in [1.29, 1.82) is 0 Å². The van der Waals surface area contributed by atoms with Gasteiger partial charge < -0.3 is 10.4 Å². The average molecular weight is 291 g/mol. The third-order valence-electron chi connectivity index (χ3n) is 4.03. The zero-order valence-electron chi connectivity index (χ0n) is 12.5. The molecule has 2 aromatic carbocycles. The standard InChI is InChI=1S/C18H17N3O/c1-11-6-7-16-15(8-11)17-9-12(2)20-21(17)18(19-16)13-4-3-5-14(22)10-13/h3-10,18-19,22H,1-2H3/t18-/m0/s1. The number of benzene rings is 2. The van der Waals surface area contributed by atoms with E-state index >= 15 is 0 Å². The maximum absolute atomic E-state index is 9.77. The van der Waals surface area contributed by atoms with Crippen molar-refractivity contribution < 1.29 is 5.11 Å². The predicted molar refractivity (Wildman–Crippen MR) is 87.0 cm³/mol. The molecule has 3 aromatic rings. The topological polar surface area (TPSA) is 50.1 Å². The van der Waals surface area contributed by atoms with E-state index in [1.165, 1.54) is 5.56 Å². The van der Waals surface area contributed by atoms with Gasteiger partial charge in [0.05, 0.1) is 11.4 Å². The molecule has 0 saturated carbocycles. The molecular weight excluding hydrogens is 274 g/mol. The van der Waals surface area contributed by atoms with Crippen LogP contribution in [0, 0.1) is 13.8 Å². The quantitative estimate of drug-likeness (QED) is 0.716. The first-order chi connectivity index (χ1) is 10.6. The van der Waals surface area contributed by atoms with Crippen molar-refractivity contribution in [1.82, 2.24) is 9.78 Å². The SMILES string of the molecule is Cc1ccc2c(c1)-c1cc(C)nn1[C@@H](c1cccc(O)c1)N2. The molecule has 0 fully saturated rings. The summed E-state index contributed by atoms with van der Waals surface area (Å²) in [6.07, 6.45) is -0.119. The van der Waals surface area contributed by atoms with Crippen LogP contribution in [-0.2, 0) is 0 Å². The van der Waals surface area contributed by atoms with Crippen LogP contribution in [0.2, 0.25) is 0 Å². The Labute approximate surface area is 129 Å². The number of hydrogen-bond donors (Lipinski definition) is 2. The highest BCUT2D eigenvalue weighted by Crippen LogP contribution is 2.39. The summed E-state index contributed by atoms with van der Waals surface area (Å²) in [4.78, 5) is 0.